The summed E-state index contributed by atoms with van der Waals surface area (Å²) in [5.41, 5.74) is 0.719. The minimum Gasteiger partial charge on any atom is -0.466 e. The lowest BCUT2D eigenvalue weighted by Crippen LogP contribution is -2.10. The zero-order valence-electron chi connectivity index (χ0n) is 9.15. The summed E-state index contributed by atoms with van der Waals surface area (Å²) in [6, 6.07) is 7.22. The van der Waals surface area contributed by atoms with Gasteiger partial charge in [-0.25, -0.2) is 0 Å². The molecule has 0 bridgehead atoms. The summed E-state index contributed by atoms with van der Waals surface area (Å²) in [5.74, 6) is -0.364. The average molecular weight is 287 g/mol. The first kappa shape index (κ1) is 13.2. The minimum atomic E-state index is -0.794. The third kappa shape index (κ3) is 4.33. The Balaban J connectivity index is 2.48. The van der Waals surface area contributed by atoms with Gasteiger partial charge in [0, 0.05) is 4.47 Å². The molecule has 1 rings (SSSR count). The van der Waals surface area contributed by atoms with Crippen LogP contribution in [0.15, 0.2) is 28.7 Å². The minimum absolute atomic E-state index is 0.00162. The Morgan fingerprint density at radius 1 is 1.44 bits per heavy atom. The predicted molar refractivity (Wildman–Crippen MR) is 65.0 cm³/mol. The highest BCUT2D eigenvalue weighted by Crippen LogP contribution is 2.19. The van der Waals surface area contributed by atoms with Crippen LogP contribution in [-0.4, -0.2) is 17.7 Å². The summed E-state index contributed by atoms with van der Waals surface area (Å²) < 4.78 is 5.84. The number of carbonyl (C=O) groups is 1. The van der Waals surface area contributed by atoms with Crippen LogP contribution >= 0.6 is 15.9 Å². The lowest BCUT2D eigenvalue weighted by atomic mass is 10.1. The SMILES string of the molecule is CCCOC(=O)C[C@H](O)c1ccc(Br)cc1. The van der Waals surface area contributed by atoms with Crippen LogP contribution in [0.25, 0.3) is 0 Å². The molecule has 3 nitrogen and oxygen atoms in total. The molecule has 0 unspecified atom stereocenters. The molecule has 88 valence electrons. The van der Waals surface area contributed by atoms with Crippen LogP contribution in [0.5, 0.6) is 0 Å². The number of aliphatic hydroxyl groups is 1. The van der Waals surface area contributed by atoms with Gasteiger partial charge in [0.15, 0.2) is 0 Å². The first-order valence-corrected chi connectivity index (χ1v) is 6.02. The molecule has 1 aromatic carbocycles. The largest absolute Gasteiger partial charge is 0.466 e. The molecular formula is C12H15BrO3. The van der Waals surface area contributed by atoms with Crippen LogP contribution in [0.4, 0.5) is 0 Å². The number of rotatable bonds is 5. The van der Waals surface area contributed by atoms with Gasteiger partial charge in [0.1, 0.15) is 0 Å². The second-order valence-corrected chi connectivity index (χ2v) is 4.41. The van der Waals surface area contributed by atoms with Crippen molar-refractivity contribution < 1.29 is 14.6 Å². The Hall–Kier alpha value is -0.870. The fraction of sp³-hybridized carbons (Fsp3) is 0.417. The molecule has 0 aliphatic rings. The quantitative estimate of drug-likeness (QED) is 0.847. The lowest BCUT2D eigenvalue weighted by Gasteiger charge is -2.10. The Bertz CT molecular complexity index is 335. The van der Waals surface area contributed by atoms with Gasteiger partial charge in [0.05, 0.1) is 19.1 Å². The molecule has 0 aliphatic heterocycles. The summed E-state index contributed by atoms with van der Waals surface area (Å²) in [5, 5.41) is 9.77. The molecule has 1 atom stereocenters. The van der Waals surface area contributed by atoms with Crippen molar-refractivity contribution in [2.45, 2.75) is 25.9 Å². The van der Waals surface area contributed by atoms with E-state index in [0.717, 1.165) is 16.5 Å². The van der Waals surface area contributed by atoms with Gasteiger partial charge in [0.25, 0.3) is 0 Å². The van der Waals surface area contributed by atoms with Gasteiger partial charge < -0.3 is 9.84 Å². The highest BCUT2D eigenvalue weighted by Gasteiger charge is 2.13. The molecule has 0 aromatic heterocycles. The first-order chi connectivity index (χ1) is 7.63. The highest BCUT2D eigenvalue weighted by molar-refractivity contribution is 9.10. The van der Waals surface area contributed by atoms with Crippen molar-refractivity contribution in [3.8, 4) is 0 Å². The fourth-order valence-corrected chi connectivity index (χ4v) is 1.50. The molecule has 0 aliphatic carbocycles. The van der Waals surface area contributed by atoms with Gasteiger partial charge >= 0.3 is 5.97 Å². The normalized spacial score (nSPS) is 12.2. The smallest absolute Gasteiger partial charge is 0.308 e. The van der Waals surface area contributed by atoms with Crippen molar-refractivity contribution in [2.75, 3.05) is 6.61 Å². The molecule has 0 radical (unpaired) electrons. The summed E-state index contributed by atoms with van der Waals surface area (Å²) >= 11 is 3.31. The van der Waals surface area contributed by atoms with Crippen molar-refractivity contribution >= 4 is 21.9 Å². The maximum atomic E-state index is 11.3. The van der Waals surface area contributed by atoms with Gasteiger partial charge in [-0.1, -0.05) is 35.0 Å². The molecule has 0 saturated carbocycles. The van der Waals surface area contributed by atoms with E-state index in [1.807, 2.05) is 19.1 Å². The zero-order valence-corrected chi connectivity index (χ0v) is 10.7. The molecule has 0 spiro atoms. The number of hydrogen-bond donors (Lipinski definition) is 1. The number of ether oxygens (including phenoxy) is 1. The Morgan fingerprint density at radius 2 is 2.06 bits per heavy atom. The van der Waals surface area contributed by atoms with E-state index in [0.29, 0.717) is 6.61 Å². The number of benzene rings is 1. The Labute approximate surface area is 104 Å². The molecule has 0 heterocycles. The van der Waals surface area contributed by atoms with E-state index >= 15 is 0 Å². The monoisotopic (exact) mass is 286 g/mol. The number of halogens is 1. The molecule has 0 saturated heterocycles. The van der Waals surface area contributed by atoms with E-state index in [1.54, 1.807) is 12.1 Å². The molecule has 1 N–H and O–H groups in total. The van der Waals surface area contributed by atoms with Gasteiger partial charge in [0.2, 0.25) is 0 Å². The summed E-state index contributed by atoms with van der Waals surface area (Å²) in [6.07, 6.45) is -0.000618. The zero-order chi connectivity index (χ0) is 12.0. The van der Waals surface area contributed by atoms with Crippen molar-refractivity contribution in [3.05, 3.63) is 34.3 Å². The summed E-state index contributed by atoms with van der Waals surface area (Å²) in [6.45, 7) is 2.34. The van der Waals surface area contributed by atoms with Crippen molar-refractivity contribution in [1.82, 2.24) is 0 Å². The topological polar surface area (TPSA) is 46.5 Å². The van der Waals surface area contributed by atoms with E-state index in [2.05, 4.69) is 15.9 Å². The molecule has 0 amide bonds. The van der Waals surface area contributed by atoms with Crippen molar-refractivity contribution in [2.24, 2.45) is 0 Å². The van der Waals surface area contributed by atoms with Gasteiger partial charge in [-0.15, -0.1) is 0 Å². The van der Waals surface area contributed by atoms with Gasteiger partial charge in [-0.3, -0.25) is 4.79 Å². The van der Waals surface area contributed by atoms with Gasteiger partial charge in [-0.2, -0.15) is 0 Å². The third-order valence-corrected chi connectivity index (χ3v) is 2.61. The number of carbonyl (C=O) groups excluding carboxylic acids is 1. The van der Waals surface area contributed by atoms with Crippen LogP contribution in [0.1, 0.15) is 31.4 Å². The van der Waals surface area contributed by atoms with Crippen LogP contribution in [-0.2, 0) is 9.53 Å². The van der Waals surface area contributed by atoms with E-state index in [4.69, 9.17) is 4.74 Å². The van der Waals surface area contributed by atoms with E-state index in [9.17, 15) is 9.90 Å². The molecule has 1 aromatic rings. The van der Waals surface area contributed by atoms with Crippen molar-refractivity contribution in [1.29, 1.82) is 0 Å². The molecular weight excluding hydrogens is 272 g/mol. The summed E-state index contributed by atoms with van der Waals surface area (Å²) in [4.78, 5) is 11.3. The second kappa shape index (κ2) is 6.66. The second-order valence-electron chi connectivity index (χ2n) is 3.49. The van der Waals surface area contributed by atoms with Crippen LogP contribution in [0.2, 0.25) is 0 Å². The Kier molecular flexibility index (Phi) is 5.49. The maximum Gasteiger partial charge on any atom is 0.308 e. The number of aliphatic hydroxyl groups excluding tert-OH is 1. The number of esters is 1. The molecule has 16 heavy (non-hydrogen) atoms. The van der Waals surface area contributed by atoms with Crippen LogP contribution < -0.4 is 0 Å². The van der Waals surface area contributed by atoms with E-state index in [-0.39, 0.29) is 12.4 Å². The average Bonchev–Trinajstić information content (AvgIpc) is 2.27. The maximum absolute atomic E-state index is 11.3. The molecule has 4 heteroatoms. The molecule has 0 fully saturated rings. The standard InChI is InChI=1S/C12H15BrO3/c1-2-7-16-12(15)8-11(14)9-3-5-10(13)6-4-9/h3-6,11,14H,2,7-8H2,1H3/t11-/m0/s1. The highest BCUT2D eigenvalue weighted by atomic mass is 79.9. The van der Waals surface area contributed by atoms with E-state index in [1.165, 1.54) is 0 Å². The first-order valence-electron chi connectivity index (χ1n) is 5.22. The Morgan fingerprint density at radius 3 is 2.62 bits per heavy atom. The predicted octanol–water partition coefficient (Wildman–Crippen LogP) is 2.83. The fourth-order valence-electron chi connectivity index (χ4n) is 1.24. The third-order valence-electron chi connectivity index (χ3n) is 2.08. The van der Waals surface area contributed by atoms with Crippen molar-refractivity contribution in [3.63, 3.8) is 0 Å². The van der Waals surface area contributed by atoms with E-state index < -0.39 is 6.10 Å². The number of hydrogen-bond acceptors (Lipinski definition) is 3. The summed E-state index contributed by atoms with van der Waals surface area (Å²) in [7, 11) is 0. The lowest BCUT2D eigenvalue weighted by molar-refractivity contribution is -0.146. The van der Waals surface area contributed by atoms with Crippen LogP contribution in [0, 0.1) is 0 Å². The van der Waals surface area contributed by atoms with Crippen LogP contribution in [0.3, 0.4) is 0 Å². The van der Waals surface area contributed by atoms with Gasteiger partial charge in [-0.05, 0) is 24.1 Å².